The third-order valence-electron chi connectivity index (χ3n) is 0.928. The first-order chi connectivity index (χ1) is 4.02. The molecule has 0 aliphatic carbocycles. The van der Waals surface area contributed by atoms with Crippen molar-refractivity contribution >= 4 is 10.1 Å². The smallest absolute Gasteiger partial charge is 0.292 e. The largest absolute Gasteiger partial charge is 0.363 e. The predicted octanol–water partition coefficient (Wildman–Crippen LogP) is 0.419. The molecule has 0 aromatic rings. The van der Waals surface area contributed by atoms with Gasteiger partial charge in [-0.3, -0.25) is 4.55 Å². The van der Waals surface area contributed by atoms with Gasteiger partial charge in [-0.1, -0.05) is 6.92 Å². The second-order valence-corrected chi connectivity index (χ2v) is 3.14. The van der Waals surface area contributed by atoms with E-state index in [-0.39, 0.29) is 12.6 Å². The Labute approximate surface area is 60.7 Å². The zero-order chi connectivity index (χ0) is 7.49. The van der Waals surface area contributed by atoms with Crippen molar-refractivity contribution in [1.29, 1.82) is 0 Å². The van der Waals surface area contributed by atoms with E-state index < -0.39 is 15.6 Å². The normalized spacial score (nSPS) is 13.9. The third kappa shape index (κ3) is 3.78. The Morgan fingerprint density at radius 1 is 1.60 bits per heavy atom. The summed E-state index contributed by atoms with van der Waals surface area (Å²) in [4.78, 5) is 0. The third-order valence-corrected chi connectivity index (χ3v) is 2.12. The van der Waals surface area contributed by atoms with Crippen molar-refractivity contribution in [2.75, 3.05) is 7.11 Å². The van der Waals surface area contributed by atoms with E-state index in [0.29, 0.717) is 0 Å². The second-order valence-electron chi connectivity index (χ2n) is 1.59. The van der Waals surface area contributed by atoms with E-state index in [1.165, 1.54) is 7.11 Å². The molecule has 0 aliphatic heterocycles. The minimum Gasteiger partial charge on any atom is -0.363 e. The summed E-state index contributed by atoms with van der Waals surface area (Å²) in [5, 5.41) is 0. The first kappa shape index (κ1) is 12.5. The molecule has 0 saturated heterocycles. The van der Waals surface area contributed by atoms with Crippen LogP contribution in [0.4, 0.5) is 0 Å². The maximum Gasteiger partial charge on any atom is 0.292 e. The number of rotatable bonds is 3. The topological polar surface area (TPSA) is 98.6 Å². The fourth-order valence-corrected chi connectivity index (χ4v) is 1.16. The number of ether oxygens (including phenoxy) is 1. The van der Waals surface area contributed by atoms with Gasteiger partial charge in [0.1, 0.15) is 0 Å². The van der Waals surface area contributed by atoms with E-state index in [1.54, 1.807) is 6.92 Å². The highest BCUT2D eigenvalue weighted by molar-refractivity contribution is 7.86. The van der Waals surface area contributed by atoms with Crippen LogP contribution in [-0.2, 0) is 14.9 Å². The van der Waals surface area contributed by atoms with E-state index in [1.807, 2.05) is 0 Å². The van der Waals surface area contributed by atoms with Gasteiger partial charge in [0.25, 0.3) is 10.1 Å². The van der Waals surface area contributed by atoms with Crippen LogP contribution >= 0.6 is 0 Å². The molecule has 6 heteroatoms. The standard InChI is InChI=1S/C4H10O4S.H3N/c1-3-4(8-2)9(5,6)7;/h4H,3H2,1-2H3,(H,5,6,7);1H3. The fraction of sp³-hybridized carbons (Fsp3) is 1.00. The molecule has 0 bridgehead atoms. The van der Waals surface area contributed by atoms with Gasteiger partial charge in [0.05, 0.1) is 0 Å². The summed E-state index contributed by atoms with van der Waals surface area (Å²) in [5.74, 6) is 0. The van der Waals surface area contributed by atoms with Crippen LogP contribution in [0.1, 0.15) is 13.3 Å². The van der Waals surface area contributed by atoms with Gasteiger partial charge in [0.15, 0.2) is 5.44 Å². The summed E-state index contributed by atoms with van der Waals surface area (Å²) in [7, 11) is -2.75. The molecule has 4 N–H and O–H groups in total. The maximum absolute atomic E-state index is 10.2. The van der Waals surface area contributed by atoms with E-state index in [2.05, 4.69) is 4.74 Å². The molecule has 0 aliphatic rings. The molecule has 64 valence electrons. The van der Waals surface area contributed by atoms with Gasteiger partial charge in [-0.05, 0) is 6.42 Å². The van der Waals surface area contributed by atoms with Gasteiger partial charge in [-0.15, -0.1) is 0 Å². The molecule has 0 heterocycles. The van der Waals surface area contributed by atoms with Crippen molar-refractivity contribution in [2.24, 2.45) is 0 Å². The van der Waals surface area contributed by atoms with Gasteiger partial charge in [0, 0.05) is 7.11 Å². The van der Waals surface area contributed by atoms with Crippen molar-refractivity contribution in [3.05, 3.63) is 0 Å². The van der Waals surface area contributed by atoms with Gasteiger partial charge in [-0.2, -0.15) is 8.42 Å². The van der Waals surface area contributed by atoms with Gasteiger partial charge < -0.3 is 10.9 Å². The van der Waals surface area contributed by atoms with E-state index in [9.17, 15) is 8.42 Å². The van der Waals surface area contributed by atoms with E-state index >= 15 is 0 Å². The summed E-state index contributed by atoms with van der Waals surface area (Å²) >= 11 is 0. The Balaban J connectivity index is 0. The van der Waals surface area contributed by atoms with Crippen molar-refractivity contribution in [1.82, 2.24) is 6.15 Å². The molecule has 0 aromatic heterocycles. The van der Waals surface area contributed by atoms with Crippen LogP contribution in [0.2, 0.25) is 0 Å². The van der Waals surface area contributed by atoms with Gasteiger partial charge >= 0.3 is 0 Å². The zero-order valence-corrected chi connectivity index (χ0v) is 6.89. The van der Waals surface area contributed by atoms with Crippen LogP contribution < -0.4 is 6.15 Å². The molecular formula is C4H13NO4S. The molecular weight excluding hydrogens is 158 g/mol. The molecule has 0 saturated carbocycles. The summed E-state index contributed by atoms with van der Waals surface area (Å²) in [6.07, 6.45) is 0.259. The van der Waals surface area contributed by atoms with E-state index in [4.69, 9.17) is 4.55 Å². The van der Waals surface area contributed by atoms with Crippen molar-refractivity contribution in [3.8, 4) is 0 Å². The Morgan fingerprint density at radius 3 is 2.00 bits per heavy atom. The minimum atomic E-state index is -3.99. The van der Waals surface area contributed by atoms with Crippen LogP contribution in [0, 0.1) is 0 Å². The lowest BCUT2D eigenvalue weighted by Gasteiger charge is -2.07. The average Bonchev–Trinajstić information content (AvgIpc) is 1.65. The summed E-state index contributed by atoms with van der Waals surface area (Å²) < 4.78 is 33.2. The molecule has 0 aromatic carbocycles. The van der Waals surface area contributed by atoms with Crippen molar-refractivity contribution in [3.63, 3.8) is 0 Å². The molecule has 0 spiro atoms. The number of methoxy groups -OCH3 is 1. The van der Waals surface area contributed by atoms with Crippen LogP contribution in [0.5, 0.6) is 0 Å². The average molecular weight is 171 g/mol. The summed E-state index contributed by atoms with van der Waals surface area (Å²) in [6.45, 7) is 1.61. The van der Waals surface area contributed by atoms with Crippen LogP contribution in [0.3, 0.4) is 0 Å². The lowest BCUT2D eigenvalue weighted by atomic mass is 10.5. The van der Waals surface area contributed by atoms with Crippen LogP contribution in [0.25, 0.3) is 0 Å². The van der Waals surface area contributed by atoms with Crippen LogP contribution in [0.15, 0.2) is 0 Å². The highest BCUT2D eigenvalue weighted by Crippen LogP contribution is 2.02. The Kier molecular flexibility index (Phi) is 5.77. The van der Waals surface area contributed by atoms with Crippen molar-refractivity contribution in [2.45, 2.75) is 18.8 Å². The fourth-order valence-electron chi connectivity index (χ4n) is 0.499. The lowest BCUT2D eigenvalue weighted by Crippen LogP contribution is -2.20. The molecule has 5 nitrogen and oxygen atoms in total. The first-order valence-corrected chi connectivity index (χ1v) is 4.01. The summed E-state index contributed by atoms with van der Waals surface area (Å²) in [5.41, 5.74) is -1.07. The lowest BCUT2D eigenvalue weighted by molar-refractivity contribution is 0.151. The van der Waals surface area contributed by atoms with Crippen molar-refractivity contribution < 1.29 is 17.7 Å². The zero-order valence-electron chi connectivity index (χ0n) is 6.07. The minimum absolute atomic E-state index is 0. The first-order valence-electron chi connectivity index (χ1n) is 2.51. The Hall–Kier alpha value is -0.170. The SMILES string of the molecule is CCC(OC)S(=O)(=O)O.N. The predicted molar refractivity (Wildman–Crippen MR) is 37.7 cm³/mol. The quantitative estimate of drug-likeness (QED) is 0.599. The monoisotopic (exact) mass is 171 g/mol. The molecule has 0 fully saturated rings. The van der Waals surface area contributed by atoms with Gasteiger partial charge in [0.2, 0.25) is 0 Å². The molecule has 0 rings (SSSR count). The number of hydrogen-bond donors (Lipinski definition) is 2. The molecule has 10 heavy (non-hydrogen) atoms. The highest BCUT2D eigenvalue weighted by Gasteiger charge is 2.18. The molecule has 0 radical (unpaired) electrons. The van der Waals surface area contributed by atoms with Gasteiger partial charge in [-0.25, -0.2) is 0 Å². The Bertz CT molecular complexity index is 160. The van der Waals surface area contributed by atoms with Crippen LogP contribution in [-0.4, -0.2) is 25.5 Å². The maximum atomic E-state index is 10.2. The molecule has 1 atom stereocenters. The Morgan fingerprint density at radius 2 is 2.00 bits per heavy atom. The second kappa shape index (κ2) is 4.62. The summed E-state index contributed by atoms with van der Waals surface area (Å²) in [6, 6.07) is 0. The molecule has 0 amide bonds. The number of hydrogen-bond acceptors (Lipinski definition) is 4. The van der Waals surface area contributed by atoms with E-state index in [0.717, 1.165) is 0 Å². The molecule has 1 unspecified atom stereocenters. The highest BCUT2D eigenvalue weighted by atomic mass is 32.2.